The molecule has 1 atom stereocenters. The smallest absolute Gasteiger partial charge is 0.261 e. The highest BCUT2D eigenvalue weighted by atomic mass is 79.9. The molecular weight excluding hydrogens is 316 g/mol. The third kappa shape index (κ3) is 2.90. The summed E-state index contributed by atoms with van der Waals surface area (Å²) in [5.41, 5.74) is 0.235. The van der Waals surface area contributed by atoms with Gasteiger partial charge in [-0.2, -0.15) is 4.98 Å². The molecule has 0 fully saturated rings. The van der Waals surface area contributed by atoms with Gasteiger partial charge in [0.2, 0.25) is 6.39 Å². The van der Waals surface area contributed by atoms with Crippen molar-refractivity contribution in [1.29, 1.82) is 0 Å². The summed E-state index contributed by atoms with van der Waals surface area (Å²) in [7, 11) is 0. The van der Waals surface area contributed by atoms with Crippen LogP contribution in [0.2, 0.25) is 0 Å². The van der Waals surface area contributed by atoms with Gasteiger partial charge in [-0.1, -0.05) is 5.16 Å². The van der Waals surface area contributed by atoms with Gasteiger partial charge in [0.25, 0.3) is 11.5 Å². The molecule has 0 saturated carbocycles. The van der Waals surface area contributed by atoms with Crippen molar-refractivity contribution in [3.05, 3.63) is 44.4 Å². The van der Waals surface area contributed by atoms with Gasteiger partial charge in [-0.25, -0.2) is 0 Å². The van der Waals surface area contributed by atoms with Crippen molar-refractivity contribution in [2.45, 2.75) is 19.9 Å². The summed E-state index contributed by atoms with van der Waals surface area (Å²) < 4.78 is 5.25. The third-order valence-electron chi connectivity index (χ3n) is 2.53. The van der Waals surface area contributed by atoms with Crippen molar-refractivity contribution in [2.24, 2.45) is 0 Å². The van der Waals surface area contributed by atoms with Crippen LogP contribution in [-0.2, 0) is 0 Å². The number of pyridine rings is 1. The second-order valence-electron chi connectivity index (χ2n) is 3.97. The SMILES string of the molecule is Cc1[nH]c(=O)c(C(=O)NC(C)c2ncon2)cc1Br. The summed E-state index contributed by atoms with van der Waals surface area (Å²) in [5, 5.41) is 6.24. The first kappa shape index (κ1) is 13.5. The first-order valence-electron chi connectivity index (χ1n) is 5.45. The highest BCUT2D eigenvalue weighted by Crippen LogP contribution is 2.13. The molecule has 1 amide bonds. The fourth-order valence-corrected chi connectivity index (χ4v) is 1.80. The first-order valence-corrected chi connectivity index (χ1v) is 6.25. The first-order chi connectivity index (χ1) is 8.99. The summed E-state index contributed by atoms with van der Waals surface area (Å²) in [5.74, 6) is -0.157. The van der Waals surface area contributed by atoms with Crippen LogP contribution < -0.4 is 10.9 Å². The Kier molecular flexibility index (Phi) is 3.79. The second-order valence-corrected chi connectivity index (χ2v) is 4.82. The zero-order chi connectivity index (χ0) is 14.0. The van der Waals surface area contributed by atoms with E-state index in [0.717, 1.165) is 0 Å². The summed E-state index contributed by atoms with van der Waals surface area (Å²) in [6, 6.07) is 1.03. The van der Waals surface area contributed by atoms with Crippen molar-refractivity contribution in [2.75, 3.05) is 0 Å². The number of amides is 1. The van der Waals surface area contributed by atoms with Crippen molar-refractivity contribution in [3.63, 3.8) is 0 Å². The highest BCUT2D eigenvalue weighted by Gasteiger charge is 2.17. The number of aromatic nitrogens is 3. The van der Waals surface area contributed by atoms with Crippen molar-refractivity contribution in [3.8, 4) is 0 Å². The van der Waals surface area contributed by atoms with E-state index in [1.54, 1.807) is 13.8 Å². The van der Waals surface area contributed by atoms with Crippen LogP contribution in [0.15, 0.2) is 26.3 Å². The second kappa shape index (κ2) is 5.35. The van der Waals surface area contributed by atoms with Crippen molar-refractivity contribution in [1.82, 2.24) is 20.4 Å². The van der Waals surface area contributed by atoms with Crippen molar-refractivity contribution >= 4 is 21.8 Å². The predicted molar refractivity (Wildman–Crippen MR) is 69.7 cm³/mol. The van der Waals surface area contributed by atoms with E-state index in [1.165, 1.54) is 12.5 Å². The fraction of sp³-hybridized carbons (Fsp3) is 0.273. The lowest BCUT2D eigenvalue weighted by atomic mass is 10.2. The van der Waals surface area contributed by atoms with Crippen LogP contribution in [0.4, 0.5) is 0 Å². The number of hydrogen-bond donors (Lipinski definition) is 2. The Bertz CT molecular complexity index is 650. The van der Waals surface area contributed by atoms with Gasteiger partial charge in [-0.15, -0.1) is 0 Å². The van der Waals surface area contributed by atoms with Crippen molar-refractivity contribution < 1.29 is 9.32 Å². The lowest BCUT2D eigenvalue weighted by Gasteiger charge is -2.10. The Labute approximate surface area is 116 Å². The van der Waals surface area contributed by atoms with E-state index in [2.05, 4.69) is 40.9 Å². The van der Waals surface area contributed by atoms with E-state index in [-0.39, 0.29) is 5.56 Å². The van der Waals surface area contributed by atoms with E-state index >= 15 is 0 Å². The number of aryl methyl sites for hydroxylation is 1. The molecular formula is C11H11BrN4O3. The molecule has 0 spiro atoms. The number of rotatable bonds is 3. The molecule has 7 nitrogen and oxygen atoms in total. The fourth-order valence-electron chi connectivity index (χ4n) is 1.48. The van der Waals surface area contributed by atoms with Crippen LogP contribution in [0, 0.1) is 6.92 Å². The quantitative estimate of drug-likeness (QED) is 0.885. The number of carbonyl (C=O) groups is 1. The minimum absolute atomic E-state index is 0.0211. The lowest BCUT2D eigenvalue weighted by Crippen LogP contribution is -2.32. The number of nitrogens with one attached hydrogen (secondary N) is 2. The normalized spacial score (nSPS) is 12.2. The van der Waals surface area contributed by atoms with Crippen LogP contribution in [0.1, 0.15) is 34.8 Å². The number of H-pyrrole nitrogens is 1. The summed E-state index contributed by atoms with van der Waals surface area (Å²) in [6.07, 6.45) is 1.17. The lowest BCUT2D eigenvalue weighted by molar-refractivity contribution is 0.0936. The molecule has 2 aromatic rings. The topological polar surface area (TPSA) is 101 Å². The number of aromatic amines is 1. The highest BCUT2D eigenvalue weighted by molar-refractivity contribution is 9.10. The van der Waals surface area contributed by atoms with Crippen LogP contribution in [0.5, 0.6) is 0 Å². The average molecular weight is 327 g/mol. The van der Waals surface area contributed by atoms with Gasteiger partial charge in [0.05, 0.1) is 6.04 Å². The van der Waals surface area contributed by atoms with E-state index in [0.29, 0.717) is 16.0 Å². The molecule has 0 aliphatic carbocycles. The van der Waals surface area contributed by atoms with Gasteiger partial charge in [-0.05, 0) is 35.8 Å². The van der Waals surface area contributed by atoms with Gasteiger partial charge < -0.3 is 14.8 Å². The predicted octanol–water partition coefficient (Wildman–Crippen LogP) is 1.32. The third-order valence-corrected chi connectivity index (χ3v) is 3.36. The molecule has 8 heteroatoms. The molecule has 2 aromatic heterocycles. The summed E-state index contributed by atoms with van der Waals surface area (Å²) in [6.45, 7) is 3.43. The van der Waals surface area contributed by atoms with E-state index < -0.39 is 17.5 Å². The molecule has 0 radical (unpaired) electrons. The Balaban J connectivity index is 2.21. The molecule has 19 heavy (non-hydrogen) atoms. The molecule has 0 bridgehead atoms. The van der Waals surface area contributed by atoms with Crippen LogP contribution in [0.25, 0.3) is 0 Å². The molecule has 0 aromatic carbocycles. The summed E-state index contributed by atoms with van der Waals surface area (Å²) in [4.78, 5) is 30.1. The Hall–Kier alpha value is -1.96. The summed E-state index contributed by atoms with van der Waals surface area (Å²) >= 11 is 3.26. The maximum absolute atomic E-state index is 12.0. The van der Waals surface area contributed by atoms with Gasteiger partial charge in [0, 0.05) is 10.2 Å². The maximum atomic E-state index is 12.0. The molecule has 2 heterocycles. The van der Waals surface area contributed by atoms with Crippen LogP contribution in [0.3, 0.4) is 0 Å². The Morgan fingerprint density at radius 1 is 1.58 bits per heavy atom. The van der Waals surface area contributed by atoms with E-state index in [4.69, 9.17) is 0 Å². The zero-order valence-corrected chi connectivity index (χ0v) is 11.8. The van der Waals surface area contributed by atoms with Crippen LogP contribution >= 0.6 is 15.9 Å². The number of carbonyl (C=O) groups excluding carboxylic acids is 1. The Morgan fingerprint density at radius 2 is 2.32 bits per heavy atom. The molecule has 100 valence electrons. The van der Waals surface area contributed by atoms with Gasteiger partial charge in [-0.3, -0.25) is 9.59 Å². The van der Waals surface area contributed by atoms with E-state index in [9.17, 15) is 9.59 Å². The number of nitrogens with zero attached hydrogens (tertiary/aromatic N) is 2. The van der Waals surface area contributed by atoms with Gasteiger partial charge >= 0.3 is 0 Å². The molecule has 2 rings (SSSR count). The van der Waals surface area contributed by atoms with Gasteiger partial charge in [0.15, 0.2) is 5.82 Å². The molecule has 0 saturated heterocycles. The monoisotopic (exact) mass is 326 g/mol. The number of hydrogen-bond acceptors (Lipinski definition) is 5. The average Bonchev–Trinajstić information content (AvgIpc) is 2.87. The van der Waals surface area contributed by atoms with Crippen LogP contribution in [-0.4, -0.2) is 21.0 Å². The minimum Gasteiger partial charge on any atom is -0.343 e. The standard InChI is InChI=1S/C11H11BrN4O3/c1-5-8(12)3-7(10(17)14-5)11(18)15-6(2)9-13-4-19-16-9/h3-4,6H,1-2H3,(H,14,17)(H,15,18). The van der Waals surface area contributed by atoms with Gasteiger partial charge in [0.1, 0.15) is 5.56 Å². The molecule has 0 aliphatic heterocycles. The number of halogens is 1. The minimum atomic E-state index is -0.501. The largest absolute Gasteiger partial charge is 0.343 e. The zero-order valence-electron chi connectivity index (χ0n) is 10.2. The molecule has 1 unspecified atom stereocenters. The van der Waals surface area contributed by atoms with E-state index in [1.807, 2.05) is 0 Å². The molecule has 0 aliphatic rings. The maximum Gasteiger partial charge on any atom is 0.261 e. The Morgan fingerprint density at radius 3 is 2.95 bits per heavy atom. The molecule has 2 N–H and O–H groups in total.